The second kappa shape index (κ2) is 8.83. The Hall–Kier alpha value is -1.88. The van der Waals surface area contributed by atoms with Crippen molar-refractivity contribution < 1.29 is 9.59 Å². The highest BCUT2D eigenvalue weighted by atomic mass is 16.2. The van der Waals surface area contributed by atoms with E-state index >= 15 is 0 Å². The standard InChI is InChI=1S/C19H31N3O2/c1-13(2)11-19(5,12-20)22-18(24)10-17(21-15(4)23)16-8-6-14(3)7-9-16/h6-9,13,17H,10-12,20H2,1-5H3,(H,21,23)(H,22,24). The molecule has 1 aromatic carbocycles. The number of nitrogens with two attached hydrogens (primary N) is 1. The summed E-state index contributed by atoms with van der Waals surface area (Å²) >= 11 is 0. The summed E-state index contributed by atoms with van der Waals surface area (Å²) in [7, 11) is 0. The largest absolute Gasteiger partial charge is 0.350 e. The van der Waals surface area contributed by atoms with Gasteiger partial charge in [0.15, 0.2) is 0 Å². The molecule has 24 heavy (non-hydrogen) atoms. The van der Waals surface area contributed by atoms with Crippen LogP contribution in [-0.4, -0.2) is 23.9 Å². The molecule has 0 radical (unpaired) electrons. The van der Waals surface area contributed by atoms with Crippen molar-refractivity contribution in [3.05, 3.63) is 35.4 Å². The molecule has 0 fully saturated rings. The SMILES string of the molecule is CC(=O)NC(CC(=O)NC(C)(CN)CC(C)C)c1ccc(C)cc1. The number of nitrogens with one attached hydrogen (secondary N) is 2. The summed E-state index contributed by atoms with van der Waals surface area (Å²) in [5.74, 6) is 0.169. The molecule has 1 aromatic rings. The van der Waals surface area contributed by atoms with Crippen LogP contribution < -0.4 is 16.4 Å². The molecule has 0 aliphatic carbocycles. The minimum atomic E-state index is -0.431. The van der Waals surface area contributed by atoms with Crippen LogP contribution in [0, 0.1) is 12.8 Å². The number of amides is 2. The third-order valence-electron chi connectivity index (χ3n) is 4.00. The first-order chi connectivity index (χ1) is 11.1. The molecule has 0 heterocycles. The van der Waals surface area contributed by atoms with Crippen molar-refractivity contribution in [1.82, 2.24) is 10.6 Å². The maximum Gasteiger partial charge on any atom is 0.222 e. The average molecular weight is 333 g/mol. The van der Waals surface area contributed by atoms with Gasteiger partial charge in [-0.25, -0.2) is 0 Å². The van der Waals surface area contributed by atoms with Gasteiger partial charge in [0.1, 0.15) is 0 Å². The topological polar surface area (TPSA) is 84.2 Å². The Bertz CT molecular complexity index is 554. The number of carbonyl (C=O) groups is 2. The van der Waals surface area contributed by atoms with Crippen LogP contribution in [0.25, 0.3) is 0 Å². The molecule has 4 N–H and O–H groups in total. The van der Waals surface area contributed by atoms with Gasteiger partial charge in [-0.2, -0.15) is 0 Å². The molecule has 134 valence electrons. The highest BCUT2D eigenvalue weighted by Gasteiger charge is 2.27. The van der Waals surface area contributed by atoms with Crippen LogP contribution in [0.4, 0.5) is 0 Å². The summed E-state index contributed by atoms with van der Waals surface area (Å²) in [5, 5.41) is 5.90. The highest BCUT2D eigenvalue weighted by Crippen LogP contribution is 2.20. The monoisotopic (exact) mass is 333 g/mol. The summed E-state index contributed by atoms with van der Waals surface area (Å²) in [6.45, 7) is 10.0. The van der Waals surface area contributed by atoms with Gasteiger partial charge in [0.25, 0.3) is 0 Å². The van der Waals surface area contributed by atoms with Crippen LogP contribution in [0.3, 0.4) is 0 Å². The molecular weight excluding hydrogens is 302 g/mol. The van der Waals surface area contributed by atoms with Gasteiger partial charge in [-0.15, -0.1) is 0 Å². The fourth-order valence-corrected chi connectivity index (χ4v) is 2.96. The summed E-state index contributed by atoms with van der Waals surface area (Å²) in [5.41, 5.74) is 7.48. The van der Waals surface area contributed by atoms with Crippen LogP contribution in [-0.2, 0) is 9.59 Å². The number of carbonyl (C=O) groups excluding carboxylic acids is 2. The minimum Gasteiger partial charge on any atom is -0.350 e. The number of hydrogen-bond donors (Lipinski definition) is 3. The van der Waals surface area contributed by atoms with Gasteiger partial charge in [-0.05, 0) is 31.7 Å². The van der Waals surface area contributed by atoms with Crippen LogP contribution in [0.1, 0.15) is 57.7 Å². The maximum absolute atomic E-state index is 12.5. The Morgan fingerprint density at radius 1 is 1.21 bits per heavy atom. The molecule has 5 heteroatoms. The van der Waals surface area contributed by atoms with Gasteiger partial charge in [0, 0.05) is 19.0 Å². The fourth-order valence-electron chi connectivity index (χ4n) is 2.96. The van der Waals surface area contributed by atoms with E-state index in [-0.39, 0.29) is 24.3 Å². The van der Waals surface area contributed by atoms with Crippen LogP contribution >= 0.6 is 0 Å². The first kappa shape index (κ1) is 20.2. The van der Waals surface area contributed by atoms with Gasteiger partial charge in [0.05, 0.1) is 12.5 Å². The van der Waals surface area contributed by atoms with Gasteiger partial charge >= 0.3 is 0 Å². The lowest BCUT2D eigenvalue weighted by Gasteiger charge is -2.32. The lowest BCUT2D eigenvalue weighted by Crippen LogP contribution is -2.52. The van der Waals surface area contributed by atoms with E-state index in [0.717, 1.165) is 17.5 Å². The van der Waals surface area contributed by atoms with Crippen molar-refractivity contribution in [3.63, 3.8) is 0 Å². The quantitative estimate of drug-likeness (QED) is 0.683. The Kier molecular flexibility index (Phi) is 7.42. The number of rotatable bonds is 8. The summed E-state index contributed by atoms with van der Waals surface area (Å²) in [6.07, 6.45) is 1.00. The van der Waals surface area contributed by atoms with Crippen molar-refractivity contribution in [2.24, 2.45) is 11.7 Å². The molecule has 0 aliphatic rings. The van der Waals surface area contributed by atoms with Crippen molar-refractivity contribution in [2.45, 2.75) is 59.0 Å². The van der Waals surface area contributed by atoms with Crippen LogP contribution in [0.2, 0.25) is 0 Å². The second-order valence-corrected chi connectivity index (χ2v) is 7.28. The summed E-state index contributed by atoms with van der Waals surface area (Å²) < 4.78 is 0. The zero-order valence-electron chi connectivity index (χ0n) is 15.5. The highest BCUT2D eigenvalue weighted by molar-refractivity contribution is 5.79. The van der Waals surface area contributed by atoms with Gasteiger partial charge in [-0.1, -0.05) is 43.7 Å². The van der Waals surface area contributed by atoms with E-state index in [2.05, 4.69) is 24.5 Å². The number of benzene rings is 1. The van der Waals surface area contributed by atoms with Crippen molar-refractivity contribution in [3.8, 4) is 0 Å². The lowest BCUT2D eigenvalue weighted by molar-refractivity contribution is -0.124. The third-order valence-corrected chi connectivity index (χ3v) is 4.00. The molecular formula is C19H31N3O2. The van der Waals surface area contributed by atoms with Crippen molar-refractivity contribution in [1.29, 1.82) is 0 Å². The van der Waals surface area contributed by atoms with Crippen molar-refractivity contribution >= 4 is 11.8 Å². The fraction of sp³-hybridized carbons (Fsp3) is 0.579. The molecule has 0 aliphatic heterocycles. The van der Waals surface area contributed by atoms with E-state index in [4.69, 9.17) is 5.73 Å². The van der Waals surface area contributed by atoms with Gasteiger partial charge in [0.2, 0.25) is 11.8 Å². The van der Waals surface area contributed by atoms with Crippen LogP contribution in [0.5, 0.6) is 0 Å². The van der Waals surface area contributed by atoms with Crippen molar-refractivity contribution in [2.75, 3.05) is 6.54 Å². The van der Waals surface area contributed by atoms with E-state index in [0.29, 0.717) is 12.5 Å². The van der Waals surface area contributed by atoms with E-state index in [1.807, 2.05) is 38.1 Å². The Labute approximate surface area is 145 Å². The predicted molar refractivity (Wildman–Crippen MR) is 97.4 cm³/mol. The minimum absolute atomic E-state index is 0.108. The number of aryl methyl sites for hydroxylation is 1. The van der Waals surface area contributed by atoms with E-state index in [1.165, 1.54) is 6.92 Å². The average Bonchev–Trinajstić information content (AvgIpc) is 2.45. The predicted octanol–water partition coefficient (Wildman–Crippen LogP) is 2.44. The van der Waals surface area contributed by atoms with E-state index < -0.39 is 5.54 Å². The first-order valence-corrected chi connectivity index (χ1v) is 8.50. The maximum atomic E-state index is 12.5. The molecule has 0 aromatic heterocycles. The molecule has 0 bridgehead atoms. The molecule has 0 spiro atoms. The van der Waals surface area contributed by atoms with E-state index in [9.17, 15) is 9.59 Å². The molecule has 5 nitrogen and oxygen atoms in total. The lowest BCUT2D eigenvalue weighted by atomic mass is 9.90. The zero-order valence-corrected chi connectivity index (χ0v) is 15.5. The van der Waals surface area contributed by atoms with E-state index in [1.54, 1.807) is 0 Å². The molecule has 0 saturated carbocycles. The molecule has 1 rings (SSSR count). The molecule has 0 saturated heterocycles. The smallest absolute Gasteiger partial charge is 0.222 e. The second-order valence-electron chi connectivity index (χ2n) is 7.28. The Morgan fingerprint density at radius 3 is 2.25 bits per heavy atom. The first-order valence-electron chi connectivity index (χ1n) is 8.50. The Balaban J connectivity index is 2.84. The molecule has 2 unspecified atom stereocenters. The van der Waals surface area contributed by atoms with Gasteiger partial charge in [-0.3, -0.25) is 9.59 Å². The Morgan fingerprint density at radius 2 is 1.79 bits per heavy atom. The third kappa shape index (κ3) is 6.71. The molecule has 2 amide bonds. The zero-order chi connectivity index (χ0) is 18.3. The van der Waals surface area contributed by atoms with Gasteiger partial charge < -0.3 is 16.4 Å². The summed E-state index contributed by atoms with van der Waals surface area (Å²) in [6, 6.07) is 7.50. The summed E-state index contributed by atoms with van der Waals surface area (Å²) in [4.78, 5) is 24.0. The molecule has 2 atom stereocenters. The number of hydrogen-bond acceptors (Lipinski definition) is 3. The normalized spacial score (nSPS) is 14.8. The van der Waals surface area contributed by atoms with Crippen LogP contribution in [0.15, 0.2) is 24.3 Å².